The van der Waals surface area contributed by atoms with Gasteiger partial charge in [-0.2, -0.15) is 5.26 Å². The van der Waals surface area contributed by atoms with Gasteiger partial charge >= 0.3 is 0 Å². The van der Waals surface area contributed by atoms with Gasteiger partial charge in [-0.25, -0.2) is 4.98 Å². The van der Waals surface area contributed by atoms with Crippen molar-refractivity contribution in [2.75, 3.05) is 18.0 Å². The van der Waals surface area contributed by atoms with E-state index in [1.165, 1.54) is 48.1 Å². The van der Waals surface area contributed by atoms with Crippen molar-refractivity contribution >= 4 is 40.4 Å². The standard InChI is InChI=1S/C50H53ClN10O3S/c1-30-31(2)65-49-45(30)46(55-42(26-44-53-22-24-63-44)47-59-56-32(3)61(47)49)35-9-7-33(8-10-35)5-6-34-19-21-50(27-34)20-4-23-60(29-50)43-18-17-41(57-58-43)48(62)54-37-12-15-38(16-13-37)64-39-14-11-36(28-52)40(51)25-39/h7-11,14,17-18,22,24-25,34,37-38,42H,4-6,12-13,15-16,19-21,23,26-27,29H2,1-3H3,(H,54,62)/t34-,37?,38?,42+,50-/m0/s1. The zero-order valence-electron chi connectivity index (χ0n) is 37.1. The maximum atomic E-state index is 13.2. The number of nitrogens with one attached hydrogen (secondary N) is 1. The van der Waals surface area contributed by atoms with Gasteiger partial charge in [0.15, 0.2) is 23.2 Å². The lowest BCUT2D eigenvalue weighted by atomic mass is 9.77. The Bertz CT molecular complexity index is 2750. The van der Waals surface area contributed by atoms with Gasteiger partial charge in [0, 0.05) is 41.2 Å². The number of amides is 1. The number of nitrogens with zero attached hydrogens (tertiary/aromatic N) is 9. The highest BCUT2D eigenvalue weighted by Crippen LogP contribution is 2.49. The first-order chi connectivity index (χ1) is 31.6. The topological polar surface area (TPSA) is 160 Å². The average Bonchev–Trinajstić information content (AvgIpc) is 4.11. The predicted molar refractivity (Wildman–Crippen MR) is 250 cm³/mol. The summed E-state index contributed by atoms with van der Waals surface area (Å²) >= 11 is 7.96. The van der Waals surface area contributed by atoms with Crippen molar-refractivity contribution in [3.05, 3.63) is 128 Å². The number of hydrogen-bond donors (Lipinski definition) is 1. The summed E-state index contributed by atoms with van der Waals surface area (Å²) in [5, 5.41) is 31.9. The van der Waals surface area contributed by atoms with Gasteiger partial charge in [0.2, 0.25) is 0 Å². The monoisotopic (exact) mass is 908 g/mol. The first-order valence-corrected chi connectivity index (χ1v) is 24.2. The molecule has 65 heavy (non-hydrogen) atoms. The van der Waals surface area contributed by atoms with E-state index in [9.17, 15) is 4.79 Å². The number of hydrogen-bond acceptors (Lipinski definition) is 12. The van der Waals surface area contributed by atoms with E-state index in [0.717, 1.165) is 90.9 Å². The molecule has 3 atom stereocenters. The number of rotatable bonds is 11. The van der Waals surface area contributed by atoms with E-state index in [1.54, 1.807) is 42.0 Å². The van der Waals surface area contributed by atoms with Gasteiger partial charge in [0.1, 0.15) is 34.9 Å². The Labute approximate surface area is 388 Å². The molecular formula is C50H53ClN10O3S. The molecule has 3 fully saturated rings. The largest absolute Gasteiger partial charge is 0.490 e. The molecule has 13 nitrogen and oxygen atoms in total. The maximum absolute atomic E-state index is 13.2. The summed E-state index contributed by atoms with van der Waals surface area (Å²) < 4.78 is 14.0. The Balaban J connectivity index is 0.731. The zero-order valence-corrected chi connectivity index (χ0v) is 38.7. The van der Waals surface area contributed by atoms with Gasteiger partial charge in [0.25, 0.3) is 5.91 Å². The van der Waals surface area contributed by atoms with E-state index in [0.29, 0.717) is 40.3 Å². The molecule has 1 saturated heterocycles. The number of thiophene rings is 1. The molecule has 6 aromatic rings. The van der Waals surface area contributed by atoms with Gasteiger partial charge in [-0.3, -0.25) is 14.4 Å². The van der Waals surface area contributed by atoms with Crippen molar-refractivity contribution in [3.63, 3.8) is 0 Å². The minimum Gasteiger partial charge on any atom is -0.490 e. The summed E-state index contributed by atoms with van der Waals surface area (Å²) in [5.41, 5.74) is 6.87. The molecule has 0 bridgehead atoms. The minimum absolute atomic E-state index is 0.0347. The number of anilines is 1. The molecule has 2 saturated carbocycles. The van der Waals surface area contributed by atoms with E-state index < -0.39 is 0 Å². The lowest BCUT2D eigenvalue weighted by Gasteiger charge is -2.41. The third-order valence-electron chi connectivity index (χ3n) is 14.2. The predicted octanol–water partition coefficient (Wildman–Crippen LogP) is 9.83. The van der Waals surface area contributed by atoms with Crippen LogP contribution in [0, 0.1) is 43.4 Å². The molecule has 6 heterocycles. The van der Waals surface area contributed by atoms with Crippen LogP contribution in [-0.4, -0.2) is 66.8 Å². The number of nitriles is 1. The molecule has 1 spiro atoms. The van der Waals surface area contributed by atoms with Crippen LogP contribution in [0.25, 0.3) is 5.00 Å². The number of aromatic nitrogens is 6. The number of ether oxygens (including phenoxy) is 1. The Morgan fingerprint density at radius 3 is 2.62 bits per heavy atom. The molecule has 1 amide bonds. The molecule has 10 rings (SSSR count). The molecule has 0 radical (unpaired) electrons. The Morgan fingerprint density at radius 1 is 1.02 bits per heavy atom. The molecule has 1 N–H and O–H groups in total. The molecule has 334 valence electrons. The van der Waals surface area contributed by atoms with E-state index in [-0.39, 0.29) is 29.5 Å². The van der Waals surface area contributed by atoms with Crippen molar-refractivity contribution < 1.29 is 13.9 Å². The van der Waals surface area contributed by atoms with Crippen LogP contribution >= 0.6 is 22.9 Å². The van der Waals surface area contributed by atoms with E-state index in [4.69, 9.17) is 31.0 Å². The summed E-state index contributed by atoms with van der Waals surface area (Å²) in [7, 11) is 0. The minimum atomic E-state index is -0.292. The second-order valence-electron chi connectivity index (χ2n) is 18.5. The highest BCUT2D eigenvalue weighted by Gasteiger charge is 2.42. The molecule has 2 aliphatic carbocycles. The highest BCUT2D eigenvalue weighted by atomic mass is 35.5. The molecule has 2 aliphatic heterocycles. The van der Waals surface area contributed by atoms with E-state index in [1.807, 2.05) is 19.1 Å². The van der Waals surface area contributed by atoms with E-state index in [2.05, 4.69) is 84.3 Å². The van der Waals surface area contributed by atoms with Crippen LogP contribution in [0.1, 0.15) is 131 Å². The average molecular weight is 910 g/mol. The molecule has 2 aromatic carbocycles. The smallest absolute Gasteiger partial charge is 0.272 e. The summed E-state index contributed by atoms with van der Waals surface area (Å²) in [6.07, 6.45) is 15.4. The van der Waals surface area contributed by atoms with Gasteiger partial charge in [-0.1, -0.05) is 35.9 Å². The fourth-order valence-electron chi connectivity index (χ4n) is 10.6. The number of benzene rings is 2. The quantitative estimate of drug-likeness (QED) is 0.133. The van der Waals surface area contributed by atoms with Gasteiger partial charge in [-0.05, 0) is 138 Å². The highest BCUT2D eigenvalue weighted by molar-refractivity contribution is 7.15. The lowest BCUT2D eigenvalue weighted by molar-refractivity contribution is 0.0888. The number of piperidine rings is 1. The normalized spacial score (nSPS) is 22.8. The van der Waals surface area contributed by atoms with Crippen molar-refractivity contribution in [2.45, 2.75) is 116 Å². The van der Waals surface area contributed by atoms with Crippen molar-refractivity contribution in [1.82, 2.24) is 35.3 Å². The van der Waals surface area contributed by atoms with Crippen molar-refractivity contribution in [1.29, 1.82) is 5.26 Å². The molecular weight excluding hydrogens is 856 g/mol. The third kappa shape index (κ3) is 8.93. The summed E-state index contributed by atoms with van der Waals surface area (Å²) in [5.74, 6) is 4.28. The van der Waals surface area contributed by atoms with Crippen LogP contribution in [-0.2, 0) is 12.8 Å². The third-order valence-corrected chi connectivity index (χ3v) is 15.7. The van der Waals surface area contributed by atoms with Gasteiger partial charge < -0.3 is 19.4 Å². The van der Waals surface area contributed by atoms with Gasteiger partial charge in [-0.15, -0.1) is 31.7 Å². The fraction of sp³-hybridized carbons (Fsp3) is 0.440. The van der Waals surface area contributed by atoms with Crippen LogP contribution in [0.4, 0.5) is 5.82 Å². The lowest BCUT2D eigenvalue weighted by Crippen LogP contribution is -2.43. The van der Waals surface area contributed by atoms with Gasteiger partial charge in [0.05, 0.1) is 35.0 Å². The summed E-state index contributed by atoms with van der Waals surface area (Å²) in [6.45, 7) is 8.31. The zero-order chi connectivity index (χ0) is 44.7. The van der Waals surface area contributed by atoms with Crippen molar-refractivity contribution in [3.8, 4) is 16.8 Å². The number of oxazole rings is 1. The number of aliphatic imine (C=N–C) groups is 1. The van der Waals surface area contributed by atoms with E-state index >= 15 is 0 Å². The molecule has 15 heteroatoms. The Morgan fingerprint density at radius 2 is 1.86 bits per heavy atom. The molecule has 4 aromatic heterocycles. The number of fused-ring (bicyclic) bond motifs is 3. The second kappa shape index (κ2) is 18.2. The van der Waals surface area contributed by atoms with Crippen LogP contribution < -0.4 is 15.0 Å². The SMILES string of the molecule is Cc1sc2c(c1C)C(c1ccc(CC[C@H]3CC[C@@]4(CCCN(c5ccc(C(=O)NC6CCC(Oc7ccc(C#N)c(Cl)c7)CC6)nn5)C4)C3)cc1)=N[C@H](Cc1ncco1)c1nnc(C)n1-2. The van der Waals surface area contributed by atoms with Crippen molar-refractivity contribution in [2.24, 2.45) is 16.3 Å². The number of carbonyl (C=O) groups excluding carboxylic acids is 1. The summed E-state index contributed by atoms with van der Waals surface area (Å²) in [4.78, 5) is 26.7. The maximum Gasteiger partial charge on any atom is 0.272 e. The first-order valence-electron chi connectivity index (χ1n) is 23.0. The Kier molecular flexibility index (Phi) is 12.0. The number of aryl methyl sites for hydroxylation is 3. The van der Waals surface area contributed by atoms with Crippen LogP contribution in [0.3, 0.4) is 0 Å². The van der Waals surface area contributed by atoms with Crippen LogP contribution in [0.15, 0.2) is 76.5 Å². The number of carbonyl (C=O) groups is 1. The first kappa shape index (κ1) is 43.0. The molecule has 4 aliphatic rings. The fourth-order valence-corrected chi connectivity index (χ4v) is 12.1. The van der Waals surface area contributed by atoms with Crippen LogP contribution in [0.5, 0.6) is 5.75 Å². The Hall–Kier alpha value is -5.91. The van der Waals surface area contributed by atoms with Crippen LogP contribution in [0.2, 0.25) is 5.02 Å². The summed E-state index contributed by atoms with van der Waals surface area (Å²) in [6, 6.07) is 19.8. The number of halogens is 1. The molecule has 0 unspecified atom stereocenters. The second-order valence-corrected chi connectivity index (χ2v) is 20.1.